The van der Waals surface area contributed by atoms with Crippen molar-refractivity contribution in [3.05, 3.63) is 36.5 Å². The number of esters is 1. The second-order valence-corrected chi connectivity index (χ2v) is 3.29. The quantitative estimate of drug-likeness (QED) is 0.488. The van der Waals surface area contributed by atoms with Crippen LogP contribution in [0.15, 0.2) is 36.5 Å². The van der Waals surface area contributed by atoms with Crippen LogP contribution in [0.4, 0.5) is 0 Å². The van der Waals surface area contributed by atoms with Crippen molar-refractivity contribution in [2.24, 2.45) is 0 Å². The van der Waals surface area contributed by atoms with Crippen molar-refractivity contribution < 1.29 is 9.53 Å². The molecule has 0 aromatic heterocycles. The summed E-state index contributed by atoms with van der Waals surface area (Å²) in [6.45, 7) is 9.28. The molecule has 0 saturated heterocycles. The third-order valence-corrected chi connectivity index (χ3v) is 1.82. The molecular formula is C11H14O2. The Balaban J connectivity index is 2.60. The summed E-state index contributed by atoms with van der Waals surface area (Å²) in [5, 5.41) is 0. The Morgan fingerprint density at radius 3 is 3.00 bits per heavy atom. The van der Waals surface area contributed by atoms with Crippen LogP contribution >= 0.6 is 0 Å². The summed E-state index contributed by atoms with van der Waals surface area (Å²) in [6.07, 6.45) is 4.76. The lowest BCUT2D eigenvalue weighted by atomic mass is 10.1. The van der Waals surface area contributed by atoms with E-state index in [1.54, 1.807) is 6.08 Å². The highest BCUT2D eigenvalue weighted by Gasteiger charge is 2.23. The molecule has 0 spiro atoms. The number of carbonyl (C=O) groups is 1. The fourth-order valence-corrected chi connectivity index (χ4v) is 1.29. The summed E-state index contributed by atoms with van der Waals surface area (Å²) in [5.41, 5.74) is 1.73. The van der Waals surface area contributed by atoms with Gasteiger partial charge in [-0.25, -0.2) is 4.79 Å². The SMILES string of the molecule is C=CCC1=C[C@@H](CC(=C)C)OC1=O. The van der Waals surface area contributed by atoms with Gasteiger partial charge in [0.2, 0.25) is 0 Å². The topological polar surface area (TPSA) is 26.3 Å². The second-order valence-electron chi connectivity index (χ2n) is 3.29. The molecular weight excluding hydrogens is 164 g/mol. The maximum Gasteiger partial charge on any atom is 0.334 e. The summed E-state index contributed by atoms with van der Waals surface area (Å²) in [4.78, 5) is 11.2. The molecule has 1 heterocycles. The highest BCUT2D eigenvalue weighted by molar-refractivity contribution is 5.91. The van der Waals surface area contributed by atoms with Gasteiger partial charge in [-0.15, -0.1) is 6.58 Å². The van der Waals surface area contributed by atoms with Gasteiger partial charge in [-0.1, -0.05) is 18.2 Å². The number of rotatable bonds is 4. The minimum Gasteiger partial charge on any atom is -0.454 e. The zero-order valence-corrected chi connectivity index (χ0v) is 7.88. The van der Waals surface area contributed by atoms with Gasteiger partial charge in [0.1, 0.15) is 6.10 Å². The third kappa shape index (κ3) is 2.58. The Hall–Kier alpha value is -1.31. The molecule has 2 heteroatoms. The van der Waals surface area contributed by atoms with Crippen molar-refractivity contribution in [2.75, 3.05) is 0 Å². The van der Waals surface area contributed by atoms with Crippen LogP contribution in [-0.2, 0) is 9.53 Å². The van der Waals surface area contributed by atoms with E-state index < -0.39 is 0 Å². The highest BCUT2D eigenvalue weighted by atomic mass is 16.5. The summed E-state index contributed by atoms with van der Waals surface area (Å²) >= 11 is 0. The molecule has 0 unspecified atom stereocenters. The monoisotopic (exact) mass is 178 g/mol. The van der Waals surface area contributed by atoms with Crippen LogP contribution in [0.2, 0.25) is 0 Å². The van der Waals surface area contributed by atoms with Crippen molar-refractivity contribution in [1.82, 2.24) is 0 Å². The summed E-state index contributed by atoms with van der Waals surface area (Å²) in [5.74, 6) is -0.217. The van der Waals surface area contributed by atoms with Gasteiger partial charge in [-0.3, -0.25) is 0 Å². The maximum atomic E-state index is 11.2. The van der Waals surface area contributed by atoms with E-state index in [0.717, 1.165) is 5.57 Å². The zero-order chi connectivity index (χ0) is 9.84. The van der Waals surface area contributed by atoms with Gasteiger partial charge in [0.05, 0.1) is 0 Å². The molecule has 0 aromatic rings. The van der Waals surface area contributed by atoms with E-state index in [-0.39, 0.29) is 12.1 Å². The van der Waals surface area contributed by atoms with Crippen molar-refractivity contribution in [1.29, 1.82) is 0 Å². The van der Waals surface area contributed by atoms with E-state index in [0.29, 0.717) is 18.4 Å². The van der Waals surface area contributed by atoms with E-state index in [9.17, 15) is 4.79 Å². The number of hydrogen-bond donors (Lipinski definition) is 0. The van der Waals surface area contributed by atoms with E-state index in [1.807, 2.05) is 13.0 Å². The molecule has 0 saturated carbocycles. The van der Waals surface area contributed by atoms with Crippen molar-refractivity contribution >= 4 is 5.97 Å². The lowest BCUT2D eigenvalue weighted by molar-refractivity contribution is -0.139. The molecule has 0 amide bonds. The molecule has 1 aliphatic rings. The standard InChI is InChI=1S/C11H14O2/c1-4-5-9-7-10(6-8(2)3)13-11(9)12/h4,7,10H,1-2,5-6H2,3H3/t10-/m1/s1. The Labute approximate surface area is 78.6 Å². The number of carbonyl (C=O) groups excluding carboxylic acids is 1. The molecule has 1 rings (SSSR count). The molecule has 1 aliphatic heterocycles. The van der Waals surface area contributed by atoms with Crippen LogP contribution in [-0.4, -0.2) is 12.1 Å². The van der Waals surface area contributed by atoms with Gasteiger partial charge in [0.15, 0.2) is 0 Å². The first-order valence-electron chi connectivity index (χ1n) is 4.30. The minimum absolute atomic E-state index is 0.111. The zero-order valence-electron chi connectivity index (χ0n) is 7.88. The molecule has 0 fully saturated rings. The summed E-state index contributed by atoms with van der Waals surface area (Å²) < 4.78 is 5.10. The largest absolute Gasteiger partial charge is 0.454 e. The molecule has 0 radical (unpaired) electrons. The van der Waals surface area contributed by atoms with Gasteiger partial charge in [0, 0.05) is 12.0 Å². The number of allylic oxidation sites excluding steroid dienone is 1. The fourth-order valence-electron chi connectivity index (χ4n) is 1.29. The molecule has 0 aliphatic carbocycles. The number of cyclic esters (lactones) is 1. The normalized spacial score (nSPS) is 20.8. The summed E-state index contributed by atoms with van der Waals surface area (Å²) in [7, 11) is 0. The van der Waals surface area contributed by atoms with Crippen LogP contribution < -0.4 is 0 Å². The van der Waals surface area contributed by atoms with Crippen molar-refractivity contribution in [3.8, 4) is 0 Å². The first-order chi connectivity index (χ1) is 6.13. The molecule has 0 N–H and O–H groups in total. The Morgan fingerprint density at radius 1 is 1.77 bits per heavy atom. The van der Waals surface area contributed by atoms with Gasteiger partial charge >= 0.3 is 5.97 Å². The predicted molar refractivity (Wildman–Crippen MR) is 52.2 cm³/mol. The van der Waals surface area contributed by atoms with Gasteiger partial charge < -0.3 is 4.74 Å². The Morgan fingerprint density at radius 2 is 2.46 bits per heavy atom. The first kappa shape index (κ1) is 9.78. The molecule has 13 heavy (non-hydrogen) atoms. The lowest BCUT2D eigenvalue weighted by Crippen LogP contribution is -2.08. The number of hydrogen-bond acceptors (Lipinski definition) is 2. The fraction of sp³-hybridized carbons (Fsp3) is 0.364. The average Bonchev–Trinajstić information content (AvgIpc) is 2.31. The van der Waals surface area contributed by atoms with E-state index in [2.05, 4.69) is 13.2 Å². The third-order valence-electron chi connectivity index (χ3n) is 1.82. The molecule has 1 atom stereocenters. The highest BCUT2D eigenvalue weighted by Crippen LogP contribution is 2.21. The van der Waals surface area contributed by atoms with E-state index in [1.165, 1.54) is 0 Å². The smallest absolute Gasteiger partial charge is 0.334 e. The molecule has 0 aromatic carbocycles. The van der Waals surface area contributed by atoms with Gasteiger partial charge in [-0.05, 0) is 19.4 Å². The lowest BCUT2D eigenvalue weighted by Gasteiger charge is -2.06. The van der Waals surface area contributed by atoms with Crippen LogP contribution in [0.1, 0.15) is 19.8 Å². The van der Waals surface area contributed by atoms with Crippen molar-refractivity contribution in [3.63, 3.8) is 0 Å². The average molecular weight is 178 g/mol. The Kier molecular flexibility index (Phi) is 3.07. The van der Waals surface area contributed by atoms with Crippen LogP contribution in [0, 0.1) is 0 Å². The van der Waals surface area contributed by atoms with Gasteiger partial charge in [-0.2, -0.15) is 0 Å². The van der Waals surface area contributed by atoms with Crippen LogP contribution in [0.3, 0.4) is 0 Å². The Bertz CT molecular complexity index is 274. The molecule has 0 bridgehead atoms. The van der Waals surface area contributed by atoms with Crippen LogP contribution in [0.25, 0.3) is 0 Å². The van der Waals surface area contributed by atoms with Crippen LogP contribution in [0.5, 0.6) is 0 Å². The summed E-state index contributed by atoms with van der Waals surface area (Å²) in [6, 6.07) is 0. The van der Waals surface area contributed by atoms with Crippen molar-refractivity contribution in [2.45, 2.75) is 25.9 Å². The predicted octanol–water partition coefficient (Wildman–Crippen LogP) is 2.38. The maximum absolute atomic E-state index is 11.2. The van der Waals surface area contributed by atoms with E-state index in [4.69, 9.17) is 4.74 Å². The second kappa shape index (κ2) is 4.08. The first-order valence-corrected chi connectivity index (χ1v) is 4.30. The molecule has 2 nitrogen and oxygen atoms in total. The van der Waals surface area contributed by atoms with Gasteiger partial charge in [0.25, 0.3) is 0 Å². The van der Waals surface area contributed by atoms with E-state index >= 15 is 0 Å². The number of ether oxygens (including phenoxy) is 1. The molecule has 70 valence electrons. The minimum atomic E-state index is -0.217.